The summed E-state index contributed by atoms with van der Waals surface area (Å²) in [5.74, 6) is -1.73. The van der Waals surface area contributed by atoms with E-state index in [1.54, 1.807) is 6.07 Å². The van der Waals surface area contributed by atoms with Crippen molar-refractivity contribution < 1.29 is 8.78 Å². The van der Waals surface area contributed by atoms with Gasteiger partial charge in [0.15, 0.2) is 11.6 Å². The summed E-state index contributed by atoms with van der Waals surface area (Å²) in [6.45, 7) is 0.725. The molecule has 0 atom stereocenters. The van der Waals surface area contributed by atoms with Crippen LogP contribution in [0.4, 0.5) is 8.78 Å². The van der Waals surface area contributed by atoms with Crippen LogP contribution in [0.1, 0.15) is 18.5 Å². The van der Waals surface area contributed by atoms with Crippen LogP contribution >= 0.6 is 27.3 Å². The zero-order chi connectivity index (χ0) is 13.4. The monoisotopic (exact) mass is 344 g/mol. The molecule has 1 aromatic heterocycles. The molecule has 1 N–H and O–H groups in total. The second-order valence-corrected chi connectivity index (χ2v) is 6.17. The lowest BCUT2D eigenvalue weighted by atomic mass is 10.2. The van der Waals surface area contributed by atoms with E-state index in [1.165, 1.54) is 24.2 Å². The first kappa shape index (κ1) is 13.1. The Morgan fingerprint density at radius 2 is 2.16 bits per heavy atom. The molecule has 2 aromatic rings. The molecule has 0 radical (unpaired) electrons. The van der Waals surface area contributed by atoms with Crippen molar-refractivity contribution in [3.05, 3.63) is 39.3 Å². The Balaban J connectivity index is 1.83. The molecular weight excluding hydrogens is 334 g/mol. The summed E-state index contributed by atoms with van der Waals surface area (Å²) in [4.78, 5) is 4.45. The standard InChI is InChI=1S/C13H11BrF2N2S/c14-11-9(3-4-10(15)12(11)16)13-18-8(6-19-13)5-17-7-1-2-7/h3-4,6-7,17H,1-2,5H2. The third kappa shape index (κ3) is 2.85. The lowest BCUT2D eigenvalue weighted by Gasteiger charge is -2.03. The van der Waals surface area contributed by atoms with E-state index in [1.807, 2.05) is 5.38 Å². The van der Waals surface area contributed by atoms with Crippen molar-refractivity contribution in [2.45, 2.75) is 25.4 Å². The van der Waals surface area contributed by atoms with Crippen molar-refractivity contribution in [3.63, 3.8) is 0 Å². The van der Waals surface area contributed by atoms with Gasteiger partial charge >= 0.3 is 0 Å². The van der Waals surface area contributed by atoms with E-state index in [2.05, 4.69) is 26.2 Å². The van der Waals surface area contributed by atoms with Crippen LogP contribution in [0.5, 0.6) is 0 Å². The maximum Gasteiger partial charge on any atom is 0.173 e. The molecule has 100 valence electrons. The van der Waals surface area contributed by atoms with Crippen LogP contribution in [0.2, 0.25) is 0 Å². The molecule has 0 saturated heterocycles. The van der Waals surface area contributed by atoms with Gasteiger partial charge in [-0.2, -0.15) is 0 Å². The average Bonchev–Trinajstić information content (AvgIpc) is 3.12. The van der Waals surface area contributed by atoms with Crippen LogP contribution in [0.15, 0.2) is 22.0 Å². The zero-order valence-corrected chi connectivity index (χ0v) is 12.3. The molecule has 1 aliphatic carbocycles. The van der Waals surface area contributed by atoms with Crippen LogP contribution in [-0.4, -0.2) is 11.0 Å². The lowest BCUT2D eigenvalue weighted by Crippen LogP contribution is -2.15. The summed E-state index contributed by atoms with van der Waals surface area (Å²) >= 11 is 4.52. The van der Waals surface area contributed by atoms with Crippen molar-refractivity contribution >= 4 is 27.3 Å². The van der Waals surface area contributed by atoms with Gasteiger partial charge in [-0.1, -0.05) is 0 Å². The Hall–Kier alpha value is -0.850. The molecule has 0 spiro atoms. The number of aromatic nitrogens is 1. The summed E-state index contributed by atoms with van der Waals surface area (Å²) in [7, 11) is 0. The Labute approximate surface area is 122 Å². The molecule has 2 nitrogen and oxygen atoms in total. The fraction of sp³-hybridized carbons (Fsp3) is 0.308. The summed E-state index contributed by atoms with van der Waals surface area (Å²) in [5, 5.41) is 6.01. The molecule has 0 bridgehead atoms. The number of thiazole rings is 1. The molecule has 1 heterocycles. The van der Waals surface area contributed by atoms with E-state index >= 15 is 0 Å². The molecule has 3 rings (SSSR count). The summed E-state index contributed by atoms with van der Waals surface area (Å²) in [5.41, 5.74) is 1.52. The minimum absolute atomic E-state index is 0.128. The number of nitrogens with zero attached hydrogens (tertiary/aromatic N) is 1. The number of rotatable bonds is 4. The van der Waals surface area contributed by atoms with Gasteiger partial charge in [0, 0.05) is 23.5 Å². The second kappa shape index (κ2) is 5.26. The van der Waals surface area contributed by atoms with Crippen molar-refractivity contribution in [1.82, 2.24) is 10.3 Å². The fourth-order valence-corrected chi connectivity index (χ4v) is 3.23. The molecule has 0 amide bonds. The number of halogens is 3. The van der Waals surface area contributed by atoms with Crippen LogP contribution in [0, 0.1) is 11.6 Å². The minimum atomic E-state index is -0.870. The van der Waals surface area contributed by atoms with Gasteiger partial charge in [-0.05, 0) is 40.9 Å². The maximum absolute atomic E-state index is 13.5. The van der Waals surface area contributed by atoms with Gasteiger partial charge < -0.3 is 5.32 Å². The van der Waals surface area contributed by atoms with Gasteiger partial charge in [0.25, 0.3) is 0 Å². The summed E-state index contributed by atoms with van der Waals surface area (Å²) in [6, 6.07) is 3.29. The van der Waals surface area contributed by atoms with Crippen molar-refractivity contribution in [3.8, 4) is 10.6 Å². The number of benzene rings is 1. The molecule has 1 saturated carbocycles. The molecule has 0 aliphatic heterocycles. The fourth-order valence-electron chi connectivity index (χ4n) is 1.74. The van der Waals surface area contributed by atoms with Crippen LogP contribution < -0.4 is 5.32 Å². The van der Waals surface area contributed by atoms with Gasteiger partial charge in [0.05, 0.1) is 10.2 Å². The van der Waals surface area contributed by atoms with Crippen molar-refractivity contribution in [2.24, 2.45) is 0 Å². The van der Waals surface area contributed by atoms with Crippen molar-refractivity contribution in [1.29, 1.82) is 0 Å². The molecule has 0 unspecified atom stereocenters. The number of nitrogens with one attached hydrogen (secondary N) is 1. The highest BCUT2D eigenvalue weighted by molar-refractivity contribution is 9.10. The molecule has 1 aromatic carbocycles. The maximum atomic E-state index is 13.5. The van der Waals surface area contributed by atoms with E-state index in [0.29, 0.717) is 16.6 Å². The first-order valence-electron chi connectivity index (χ1n) is 5.97. The highest BCUT2D eigenvalue weighted by atomic mass is 79.9. The highest BCUT2D eigenvalue weighted by Gasteiger charge is 2.21. The van der Waals surface area contributed by atoms with Crippen LogP contribution in [-0.2, 0) is 6.54 Å². The van der Waals surface area contributed by atoms with E-state index in [0.717, 1.165) is 18.3 Å². The molecule has 19 heavy (non-hydrogen) atoms. The number of hydrogen-bond donors (Lipinski definition) is 1. The Kier molecular flexibility index (Phi) is 3.64. The molecule has 6 heteroatoms. The van der Waals surface area contributed by atoms with E-state index < -0.39 is 11.6 Å². The zero-order valence-electron chi connectivity index (χ0n) is 9.92. The van der Waals surface area contributed by atoms with Gasteiger partial charge in [0.1, 0.15) is 5.01 Å². The predicted octanol–water partition coefficient (Wildman–Crippen LogP) is 4.10. The third-order valence-electron chi connectivity index (χ3n) is 2.97. The van der Waals surface area contributed by atoms with Crippen LogP contribution in [0.3, 0.4) is 0 Å². The topological polar surface area (TPSA) is 24.9 Å². The predicted molar refractivity (Wildman–Crippen MR) is 75.0 cm³/mol. The molecule has 1 fully saturated rings. The van der Waals surface area contributed by atoms with Gasteiger partial charge in [-0.3, -0.25) is 0 Å². The van der Waals surface area contributed by atoms with Crippen LogP contribution in [0.25, 0.3) is 10.6 Å². The third-order valence-corrected chi connectivity index (χ3v) is 4.67. The van der Waals surface area contributed by atoms with Crippen molar-refractivity contribution in [2.75, 3.05) is 0 Å². The largest absolute Gasteiger partial charge is 0.308 e. The first-order chi connectivity index (χ1) is 9.15. The quantitative estimate of drug-likeness (QED) is 0.844. The Bertz CT molecular complexity index is 611. The lowest BCUT2D eigenvalue weighted by molar-refractivity contribution is 0.505. The van der Waals surface area contributed by atoms with Gasteiger partial charge in [0.2, 0.25) is 0 Å². The summed E-state index contributed by atoms with van der Waals surface area (Å²) < 4.78 is 26.7. The van der Waals surface area contributed by atoms with Gasteiger partial charge in [-0.15, -0.1) is 11.3 Å². The second-order valence-electron chi connectivity index (χ2n) is 4.52. The SMILES string of the molecule is Fc1ccc(-c2nc(CNC3CC3)cs2)c(Br)c1F. The number of hydrogen-bond acceptors (Lipinski definition) is 3. The smallest absolute Gasteiger partial charge is 0.173 e. The molecular formula is C13H11BrF2N2S. The van der Waals surface area contributed by atoms with E-state index in [-0.39, 0.29) is 4.47 Å². The Morgan fingerprint density at radius 1 is 1.37 bits per heavy atom. The Morgan fingerprint density at radius 3 is 2.89 bits per heavy atom. The van der Waals surface area contributed by atoms with E-state index in [9.17, 15) is 8.78 Å². The highest BCUT2D eigenvalue weighted by Crippen LogP contribution is 2.33. The summed E-state index contributed by atoms with van der Waals surface area (Å²) in [6.07, 6.45) is 2.46. The van der Waals surface area contributed by atoms with E-state index in [4.69, 9.17) is 0 Å². The average molecular weight is 345 g/mol. The minimum Gasteiger partial charge on any atom is -0.308 e. The first-order valence-corrected chi connectivity index (χ1v) is 7.64. The normalized spacial score (nSPS) is 14.9. The van der Waals surface area contributed by atoms with Gasteiger partial charge in [-0.25, -0.2) is 13.8 Å². The molecule has 1 aliphatic rings.